The second-order valence-corrected chi connectivity index (χ2v) is 9.06. The zero-order valence-electron chi connectivity index (χ0n) is 16.4. The molecule has 0 saturated carbocycles. The summed E-state index contributed by atoms with van der Waals surface area (Å²) < 4.78 is 22.5. The van der Waals surface area contributed by atoms with Crippen LogP contribution in [0.15, 0.2) is 36.4 Å². The van der Waals surface area contributed by atoms with E-state index in [-0.39, 0.29) is 21.5 Å². The molecule has 0 saturated heterocycles. The summed E-state index contributed by atoms with van der Waals surface area (Å²) in [6.07, 6.45) is 1.42. The Morgan fingerprint density at radius 2 is 1.97 bits per heavy atom. The van der Waals surface area contributed by atoms with E-state index in [2.05, 4.69) is 15.6 Å². The summed E-state index contributed by atoms with van der Waals surface area (Å²) in [5, 5.41) is 13.1. The van der Waals surface area contributed by atoms with E-state index < -0.39 is 22.6 Å². The highest BCUT2D eigenvalue weighted by atomic mass is 35.5. The topological polar surface area (TPSA) is 129 Å². The van der Waals surface area contributed by atoms with Crippen LogP contribution in [-0.2, 0) is 16.5 Å². The Kier molecular flexibility index (Phi) is 7.37. The highest BCUT2D eigenvalue weighted by molar-refractivity contribution is 7.71. The average Bonchev–Trinajstić information content (AvgIpc) is 3.08. The molecule has 0 atom stereocenters. The predicted molar refractivity (Wildman–Crippen MR) is 123 cm³/mol. The summed E-state index contributed by atoms with van der Waals surface area (Å²) in [5.41, 5.74) is 2.40. The number of thiazole rings is 1. The van der Waals surface area contributed by atoms with Crippen molar-refractivity contribution in [3.63, 3.8) is 0 Å². The van der Waals surface area contributed by atoms with Crippen molar-refractivity contribution in [1.82, 2.24) is 10.3 Å². The number of benzene rings is 2. The van der Waals surface area contributed by atoms with Gasteiger partial charge in [0.05, 0.1) is 26.6 Å². The number of urea groups is 1. The first-order valence-corrected chi connectivity index (χ1v) is 11.8. The lowest BCUT2D eigenvalue weighted by Gasteiger charge is -2.08. The molecule has 3 aromatic rings. The number of imide groups is 1. The van der Waals surface area contributed by atoms with Gasteiger partial charge in [0, 0.05) is 5.71 Å². The molecule has 0 bridgehead atoms. The van der Waals surface area contributed by atoms with Crippen LogP contribution < -0.4 is 10.6 Å². The maximum Gasteiger partial charge on any atom is 0.327 e. The van der Waals surface area contributed by atoms with E-state index in [0.717, 1.165) is 17.8 Å². The lowest BCUT2D eigenvalue weighted by Crippen LogP contribution is -2.34. The fourth-order valence-electron chi connectivity index (χ4n) is 2.85. The third-order valence-electron chi connectivity index (χ3n) is 4.27. The molecule has 1 heterocycles. The molecule has 3 N–H and O–H groups in total. The minimum atomic E-state index is -2.54. The van der Waals surface area contributed by atoms with Crippen LogP contribution in [0.5, 0.6) is 0 Å². The number of amides is 3. The van der Waals surface area contributed by atoms with Gasteiger partial charge in [-0.2, -0.15) is 0 Å². The van der Waals surface area contributed by atoms with E-state index in [4.69, 9.17) is 17.0 Å². The van der Waals surface area contributed by atoms with E-state index in [0.29, 0.717) is 33.5 Å². The van der Waals surface area contributed by atoms with Gasteiger partial charge in [-0.3, -0.25) is 15.4 Å². The molecule has 3 amide bonds. The number of nitrogens with zero attached hydrogens (tertiary/aromatic N) is 1. The molecule has 0 aliphatic carbocycles. The Hall–Kier alpha value is -2.82. The lowest BCUT2D eigenvalue weighted by atomic mass is 10.0. The van der Waals surface area contributed by atoms with E-state index in [1.54, 1.807) is 24.3 Å². The van der Waals surface area contributed by atoms with Crippen LogP contribution in [0.25, 0.3) is 10.2 Å². The van der Waals surface area contributed by atoms with Crippen molar-refractivity contribution in [2.24, 2.45) is 0 Å². The number of nitrogens with one attached hydrogen (secondary N) is 3. The molecule has 1 aromatic heterocycles. The van der Waals surface area contributed by atoms with Gasteiger partial charge in [0.25, 0.3) is 5.91 Å². The number of carbonyl (C=O) groups excluding carboxylic acids is 2. The maximum absolute atomic E-state index is 12.4. The quantitative estimate of drug-likeness (QED) is 0.299. The zero-order chi connectivity index (χ0) is 22.5. The van der Waals surface area contributed by atoms with E-state index >= 15 is 0 Å². The van der Waals surface area contributed by atoms with Crippen LogP contribution in [0, 0.1) is 5.41 Å². The van der Waals surface area contributed by atoms with E-state index in [9.17, 15) is 18.0 Å². The fourth-order valence-corrected chi connectivity index (χ4v) is 4.54. The molecule has 3 rings (SSSR count). The van der Waals surface area contributed by atoms with Gasteiger partial charge in [0.15, 0.2) is 5.13 Å². The number of fused-ring (bicyclic) bond motifs is 1. The zero-order valence-corrected chi connectivity index (χ0v) is 18.9. The molecular formula is C20H19ClN4O4S2. The number of thiol groups is 1. The first kappa shape index (κ1) is 22.9. The van der Waals surface area contributed by atoms with Crippen LogP contribution in [0.1, 0.15) is 41.3 Å². The van der Waals surface area contributed by atoms with Crippen LogP contribution in [-0.4, -0.2) is 31.1 Å². The third-order valence-corrected chi connectivity index (χ3v) is 6.14. The van der Waals surface area contributed by atoms with Crippen molar-refractivity contribution in [2.45, 2.75) is 25.5 Å². The Balaban J connectivity index is 1.67. The number of hydrogen-bond donors (Lipinski definition) is 4. The minimum Gasteiger partial charge on any atom is -0.305 e. The van der Waals surface area contributed by atoms with Gasteiger partial charge in [0.1, 0.15) is 10.7 Å². The molecule has 8 nitrogen and oxygen atoms in total. The fraction of sp³-hybridized carbons (Fsp3) is 0.200. The summed E-state index contributed by atoms with van der Waals surface area (Å²) >= 11 is 7.34. The second-order valence-electron chi connectivity index (χ2n) is 6.64. The molecule has 162 valence electrons. The molecule has 2 aromatic carbocycles. The highest BCUT2D eigenvalue weighted by Crippen LogP contribution is 2.27. The number of carbonyl (C=O) groups is 2. The van der Waals surface area contributed by atoms with Crippen LogP contribution in [0.3, 0.4) is 0 Å². The van der Waals surface area contributed by atoms with Gasteiger partial charge < -0.3 is 5.41 Å². The number of rotatable bonds is 7. The molecule has 0 aliphatic rings. The molecule has 31 heavy (non-hydrogen) atoms. The van der Waals surface area contributed by atoms with Crippen molar-refractivity contribution in [3.8, 4) is 0 Å². The molecule has 0 aliphatic heterocycles. The largest absolute Gasteiger partial charge is 0.327 e. The highest BCUT2D eigenvalue weighted by Gasteiger charge is 2.16. The van der Waals surface area contributed by atoms with Crippen molar-refractivity contribution in [3.05, 3.63) is 58.1 Å². The monoisotopic (exact) mass is 478 g/mol. The normalized spacial score (nSPS) is 10.9. The van der Waals surface area contributed by atoms with Crippen LogP contribution in [0.2, 0.25) is 5.02 Å². The van der Waals surface area contributed by atoms with Gasteiger partial charge in [0.2, 0.25) is 0 Å². The van der Waals surface area contributed by atoms with Gasteiger partial charge in [-0.1, -0.05) is 48.4 Å². The SMILES string of the molecule is CCCC(=N)c1ccc(C(=O)NC(=O)Nc2nc3ccc(C[SH](=O)=O)cc3s2)c(Cl)c1. The standard InChI is InChI=1S/C20H19ClN4O4S2/c1-2-3-15(22)12-5-6-13(14(21)9-12)18(26)24-19(27)25-20-23-16-7-4-11(10-31(28)29)8-17(16)30-20/h4-9,22,31H,2-3,10H2,1H3,(H2,23,24,25,26,27). The summed E-state index contributed by atoms with van der Waals surface area (Å²) in [5.74, 6) is -0.753. The van der Waals surface area contributed by atoms with Gasteiger partial charge in [-0.25, -0.2) is 18.2 Å². The first-order chi connectivity index (χ1) is 14.8. The molecule has 0 fully saturated rings. The lowest BCUT2D eigenvalue weighted by molar-refractivity contribution is 0.0967. The van der Waals surface area contributed by atoms with Crippen molar-refractivity contribution < 1.29 is 18.0 Å². The Morgan fingerprint density at radius 1 is 1.19 bits per heavy atom. The molecule has 0 radical (unpaired) electrons. The second kappa shape index (κ2) is 9.99. The van der Waals surface area contributed by atoms with E-state index in [1.165, 1.54) is 12.1 Å². The van der Waals surface area contributed by atoms with Crippen molar-refractivity contribution in [1.29, 1.82) is 5.41 Å². The number of aromatic nitrogens is 1. The number of anilines is 1. The Bertz CT molecular complexity index is 1250. The van der Waals surface area contributed by atoms with Crippen molar-refractivity contribution in [2.75, 3.05) is 5.32 Å². The van der Waals surface area contributed by atoms with Gasteiger partial charge >= 0.3 is 6.03 Å². The first-order valence-electron chi connectivity index (χ1n) is 9.27. The number of halogens is 1. The van der Waals surface area contributed by atoms with Crippen LogP contribution in [0.4, 0.5) is 9.93 Å². The minimum absolute atomic E-state index is 0.0710. The van der Waals surface area contributed by atoms with Crippen LogP contribution >= 0.6 is 22.9 Å². The number of hydrogen-bond acceptors (Lipinski definition) is 7. The molecule has 11 heteroatoms. The summed E-state index contributed by atoms with van der Waals surface area (Å²) in [7, 11) is -2.54. The van der Waals surface area contributed by atoms with E-state index in [1.807, 2.05) is 6.92 Å². The smallest absolute Gasteiger partial charge is 0.305 e. The molecule has 0 unspecified atom stereocenters. The third kappa shape index (κ3) is 5.87. The van der Waals surface area contributed by atoms with Crippen molar-refractivity contribution >= 4 is 66.6 Å². The summed E-state index contributed by atoms with van der Waals surface area (Å²) in [4.78, 5) is 28.9. The molecular weight excluding hydrogens is 460 g/mol. The summed E-state index contributed by atoms with van der Waals surface area (Å²) in [6, 6.07) is 8.89. The maximum atomic E-state index is 12.4. The van der Waals surface area contributed by atoms with Gasteiger partial charge in [-0.15, -0.1) is 0 Å². The van der Waals surface area contributed by atoms with Gasteiger partial charge in [-0.05, 0) is 41.8 Å². The average molecular weight is 479 g/mol. The Morgan fingerprint density at radius 3 is 2.65 bits per heavy atom. The Labute approximate surface area is 189 Å². The molecule has 0 spiro atoms. The summed E-state index contributed by atoms with van der Waals surface area (Å²) in [6.45, 7) is 1.97. The predicted octanol–water partition coefficient (Wildman–Crippen LogP) is 4.19.